The van der Waals surface area contributed by atoms with Crippen LogP contribution in [0.1, 0.15) is 22.0 Å². The summed E-state index contributed by atoms with van der Waals surface area (Å²) in [7, 11) is 0. The lowest BCUT2D eigenvalue weighted by Gasteiger charge is -2.13. The Bertz CT molecular complexity index is 620. The van der Waals surface area contributed by atoms with Crippen LogP contribution in [0.5, 0.6) is 0 Å². The van der Waals surface area contributed by atoms with Gasteiger partial charge in [-0.15, -0.1) is 0 Å². The number of hydrogen-bond acceptors (Lipinski definition) is 3. The highest BCUT2D eigenvalue weighted by atomic mass is 35.5. The minimum atomic E-state index is -0.870. The van der Waals surface area contributed by atoms with Crippen molar-refractivity contribution in [1.29, 1.82) is 0 Å². The van der Waals surface area contributed by atoms with E-state index in [4.69, 9.17) is 23.2 Å². The minimum absolute atomic E-state index is 0.0580. The van der Waals surface area contributed by atoms with Gasteiger partial charge in [-0.2, -0.15) is 0 Å². The topological polar surface area (TPSA) is 62.2 Å². The van der Waals surface area contributed by atoms with Crippen molar-refractivity contribution in [3.05, 3.63) is 63.9 Å². The lowest BCUT2D eigenvalue weighted by molar-refractivity contribution is 0.0916. The molecule has 1 unspecified atom stereocenters. The van der Waals surface area contributed by atoms with Gasteiger partial charge < -0.3 is 10.4 Å². The third-order valence-corrected chi connectivity index (χ3v) is 3.26. The van der Waals surface area contributed by atoms with Crippen LogP contribution in [0.15, 0.2) is 42.6 Å². The van der Waals surface area contributed by atoms with E-state index in [2.05, 4.69) is 10.3 Å². The molecule has 0 aliphatic rings. The Kier molecular flexibility index (Phi) is 4.95. The van der Waals surface area contributed by atoms with Crippen LogP contribution in [0.25, 0.3) is 0 Å². The summed E-state index contributed by atoms with van der Waals surface area (Å²) >= 11 is 11.7. The van der Waals surface area contributed by atoms with E-state index >= 15 is 0 Å². The fourth-order valence-electron chi connectivity index (χ4n) is 1.69. The summed E-state index contributed by atoms with van der Waals surface area (Å²) in [6.07, 6.45) is 0.576. The first kappa shape index (κ1) is 14.8. The van der Waals surface area contributed by atoms with Gasteiger partial charge in [-0.05, 0) is 18.2 Å². The zero-order valence-electron chi connectivity index (χ0n) is 10.4. The molecule has 0 aliphatic heterocycles. The largest absolute Gasteiger partial charge is 0.387 e. The standard InChI is InChI=1S/C14H12Cl2N2O2/c15-11-4-2-1-3-10(11)12(19)8-18-14(20)9-5-6-17-13(16)7-9/h1-7,12,19H,8H2,(H,18,20). The number of halogens is 2. The molecule has 1 atom stereocenters. The second-order valence-electron chi connectivity index (χ2n) is 4.11. The summed E-state index contributed by atoms with van der Waals surface area (Å²) in [5, 5.41) is 13.3. The number of nitrogens with zero attached hydrogens (tertiary/aromatic N) is 1. The number of aliphatic hydroxyl groups excluding tert-OH is 1. The van der Waals surface area contributed by atoms with Crippen molar-refractivity contribution in [3.63, 3.8) is 0 Å². The molecule has 0 radical (unpaired) electrons. The Hall–Kier alpha value is -1.62. The number of benzene rings is 1. The summed E-state index contributed by atoms with van der Waals surface area (Å²) in [6, 6.07) is 9.94. The van der Waals surface area contributed by atoms with Gasteiger partial charge in [0.2, 0.25) is 0 Å². The van der Waals surface area contributed by atoms with Gasteiger partial charge >= 0.3 is 0 Å². The molecule has 1 amide bonds. The normalized spacial score (nSPS) is 11.9. The molecule has 2 rings (SSSR count). The van der Waals surface area contributed by atoms with Gasteiger partial charge in [0.15, 0.2) is 0 Å². The van der Waals surface area contributed by atoms with Crippen molar-refractivity contribution in [2.24, 2.45) is 0 Å². The smallest absolute Gasteiger partial charge is 0.251 e. The van der Waals surface area contributed by atoms with Gasteiger partial charge in [-0.25, -0.2) is 4.98 Å². The van der Waals surface area contributed by atoms with Crippen molar-refractivity contribution in [1.82, 2.24) is 10.3 Å². The van der Waals surface area contributed by atoms with E-state index in [9.17, 15) is 9.90 Å². The fourth-order valence-corrected chi connectivity index (χ4v) is 2.13. The average Bonchev–Trinajstić information content (AvgIpc) is 2.45. The van der Waals surface area contributed by atoms with E-state index in [0.717, 1.165) is 0 Å². The van der Waals surface area contributed by atoms with Gasteiger partial charge in [-0.1, -0.05) is 41.4 Å². The number of aliphatic hydroxyl groups is 1. The molecule has 6 heteroatoms. The van der Waals surface area contributed by atoms with E-state index in [1.165, 1.54) is 12.3 Å². The summed E-state index contributed by atoms with van der Waals surface area (Å²) in [5.41, 5.74) is 0.957. The van der Waals surface area contributed by atoms with E-state index in [0.29, 0.717) is 16.1 Å². The number of hydrogen-bond donors (Lipinski definition) is 2. The fraction of sp³-hybridized carbons (Fsp3) is 0.143. The molecule has 2 aromatic rings. The van der Waals surface area contributed by atoms with Crippen LogP contribution >= 0.6 is 23.2 Å². The molecule has 0 spiro atoms. The zero-order valence-corrected chi connectivity index (χ0v) is 11.9. The van der Waals surface area contributed by atoms with E-state index in [1.54, 1.807) is 30.3 Å². The first-order valence-electron chi connectivity index (χ1n) is 5.90. The summed E-state index contributed by atoms with van der Waals surface area (Å²) < 4.78 is 0. The molecular weight excluding hydrogens is 299 g/mol. The van der Waals surface area contributed by atoms with Crippen LogP contribution < -0.4 is 5.32 Å². The van der Waals surface area contributed by atoms with Crippen molar-refractivity contribution in [2.45, 2.75) is 6.10 Å². The molecule has 0 saturated heterocycles. The van der Waals surface area contributed by atoms with E-state index in [1.807, 2.05) is 0 Å². The molecule has 1 aromatic heterocycles. The van der Waals surface area contributed by atoms with Crippen LogP contribution in [0.2, 0.25) is 10.2 Å². The number of rotatable bonds is 4. The molecule has 0 fully saturated rings. The van der Waals surface area contributed by atoms with Crippen LogP contribution in [-0.2, 0) is 0 Å². The molecule has 1 aromatic carbocycles. The lowest BCUT2D eigenvalue weighted by atomic mass is 10.1. The predicted octanol–water partition coefficient (Wildman–Crippen LogP) is 2.85. The molecule has 4 nitrogen and oxygen atoms in total. The number of aromatic nitrogens is 1. The molecule has 20 heavy (non-hydrogen) atoms. The number of carbonyl (C=O) groups excluding carboxylic acids is 1. The molecule has 2 N–H and O–H groups in total. The second-order valence-corrected chi connectivity index (χ2v) is 4.91. The Morgan fingerprint density at radius 2 is 2.05 bits per heavy atom. The molecule has 104 valence electrons. The van der Waals surface area contributed by atoms with Crippen LogP contribution in [-0.4, -0.2) is 22.5 Å². The van der Waals surface area contributed by atoms with Gasteiger partial charge in [0.1, 0.15) is 5.15 Å². The molecular formula is C14H12Cl2N2O2. The Morgan fingerprint density at radius 1 is 1.30 bits per heavy atom. The summed E-state index contributed by atoms with van der Waals surface area (Å²) in [6.45, 7) is 0.0580. The van der Waals surface area contributed by atoms with Gasteiger partial charge in [0, 0.05) is 28.9 Å². The molecule has 0 bridgehead atoms. The average molecular weight is 311 g/mol. The summed E-state index contributed by atoms with van der Waals surface area (Å²) in [5.74, 6) is -0.333. The van der Waals surface area contributed by atoms with Crippen molar-refractivity contribution >= 4 is 29.1 Å². The molecule has 0 aliphatic carbocycles. The van der Waals surface area contributed by atoms with Gasteiger partial charge in [0.25, 0.3) is 5.91 Å². The van der Waals surface area contributed by atoms with Crippen molar-refractivity contribution in [2.75, 3.05) is 6.54 Å². The Labute approximate surface area is 126 Å². The third-order valence-electron chi connectivity index (χ3n) is 2.71. The SMILES string of the molecule is O=C(NCC(O)c1ccccc1Cl)c1ccnc(Cl)c1. The lowest BCUT2D eigenvalue weighted by Crippen LogP contribution is -2.28. The quantitative estimate of drug-likeness (QED) is 0.854. The zero-order chi connectivity index (χ0) is 14.5. The van der Waals surface area contributed by atoms with Gasteiger partial charge in [-0.3, -0.25) is 4.79 Å². The Morgan fingerprint density at radius 3 is 2.75 bits per heavy atom. The molecule has 1 heterocycles. The number of carbonyl (C=O) groups is 1. The summed E-state index contributed by atoms with van der Waals surface area (Å²) in [4.78, 5) is 15.7. The van der Waals surface area contributed by atoms with Crippen LogP contribution in [0.3, 0.4) is 0 Å². The van der Waals surface area contributed by atoms with E-state index < -0.39 is 6.10 Å². The van der Waals surface area contributed by atoms with Crippen LogP contribution in [0, 0.1) is 0 Å². The maximum absolute atomic E-state index is 11.9. The molecule has 0 saturated carbocycles. The van der Waals surface area contributed by atoms with Crippen molar-refractivity contribution < 1.29 is 9.90 Å². The maximum atomic E-state index is 11.9. The minimum Gasteiger partial charge on any atom is -0.387 e. The third kappa shape index (κ3) is 3.70. The van der Waals surface area contributed by atoms with E-state index in [-0.39, 0.29) is 17.6 Å². The number of pyridine rings is 1. The first-order chi connectivity index (χ1) is 9.58. The van der Waals surface area contributed by atoms with Gasteiger partial charge in [0.05, 0.1) is 6.10 Å². The highest BCUT2D eigenvalue weighted by molar-refractivity contribution is 6.31. The van der Waals surface area contributed by atoms with Crippen molar-refractivity contribution in [3.8, 4) is 0 Å². The predicted molar refractivity (Wildman–Crippen MR) is 78.0 cm³/mol. The second kappa shape index (κ2) is 6.70. The Balaban J connectivity index is 1.99. The first-order valence-corrected chi connectivity index (χ1v) is 6.66. The highest BCUT2D eigenvalue weighted by Crippen LogP contribution is 2.21. The monoisotopic (exact) mass is 310 g/mol. The maximum Gasteiger partial charge on any atom is 0.251 e. The number of amides is 1. The highest BCUT2D eigenvalue weighted by Gasteiger charge is 2.13. The van der Waals surface area contributed by atoms with Crippen LogP contribution in [0.4, 0.5) is 0 Å². The number of nitrogens with one attached hydrogen (secondary N) is 1.